The SMILES string of the molecule is C#CCNC(=O)c1ccc(NCC2(OC)CCC2)nc1. The average Bonchev–Trinajstić information content (AvgIpc) is 2.45. The standard InChI is InChI=1S/C15H19N3O2/c1-3-9-16-14(19)12-5-6-13(17-10-12)18-11-15(20-2)7-4-8-15/h1,5-6,10H,4,7-9,11H2,2H3,(H,16,19)(H,17,18). The van der Waals surface area contributed by atoms with Gasteiger partial charge in [0.2, 0.25) is 0 Å². The first-order valence-corrected chi connectivity index (χ1v) is 6.66. The third kappa shape index (κ3) is 3.28. The van der Waals surface area contributed by atoms with E-state index in [2.05, 4.69) is 21.5 Å². The lowest BCUT2D eigenvalue weighted by molar-refractivity contribution is -0.0601. The van der Waals surface area contributed by atoms with Crippen LogP contribution in [0.2, 0.25) is 0 Å². The van der Waals surface area contributed by atoms with E-state index in [0.29, 0.717) is 5.56 Å². The summed E-state index contributed by atoms with van der Waals surface area (Å²) in [5, 5.41) is 5.84. The molecule has 106 valence electrons. The molecule has 0 aliphatic heterocycles. The number of terminal acetylenes is 1. The van der Waals surface area contributed by atoms with Gasteiger partial charge in [0.25, 0.3) is 5.91 Å². The fourth-order valence-electron chi connectivity index (χ4n) is 2.14. The number of nitrogens with zero attached hydrogens (tertiary/aromatic N) is 1. The van der Waals surface area contributed by atoms with Gasteiger partial charge in [-0.2, -0.15) is 0 Å². The molecule has 5 nitrogen and oxygen atoms in total. The highest BCUT2D eigenvalue weighted by Crippen LogP contribution is 2.34. The Balaban J connectivity index is 1.88. The van der Waals surface area contributed by atoms with E-state index in [4.69, 9.17) is 11.2 Å². The number of carbonyl (C=O) groups excluding carboxylic acids is 1. The van der Waals surface area contributed by atoms with Crippen molar-refractivity contribution in [3.63, 3.8) is 0 Å². The smallest absolute Gasteiger partial charge is 0.253 e. The van der Waals surface area contributed by atoms with Crippen molar-refractivity contribution in [1.29, 1.82) is 0 Å². The Morgan fingerprint density at radius 1 is 1.55 bits per heavy atom. The maximum absolute atomic E-state index is 11.6. The maximum atomic E-state index is 11.6. The van der Waals surface area contributed by atoms with Crippen molar-refractivity contribution in [3.05, 3.63) is 23.9 Å². The van der Waals surface area contributed by atoms with Crippen LogP contribution in [-0.2, 0) is 4.74 Å². The van der Waals surface area contributed by atoms with Crippen LogP contribution in [0, 0.1) is 12.3 Å². The van der Waals surface area contributed by atoms with Crippen LogP contribution in [0.25, 0.3) is 0 Å². The minimum Gasteiger partial charge on any atom is -0.376 e. The molecule has 1 aromatic heterocycles. The molecule has 1 aromatic rings. The van der Waals surface area contributed by atoms with Gasteiger partial charge in [0.05, 0.1) is 17.7 Å². The Bertz CT molecular complexity index is 495. The van der Waals surface area contributed by atoms with Crippen molar-refractivity contribution in [2.24, 2.45) is 0 Å². The lowest BCUT2D eigenvalue weighted by atomic mass is 9.80. The summed E-state index contributed by atoms with van der Waals surface area (Å²) in [7, 11) is 1.74. The Labute approximate surface area is 119 Å². The number of pyridine rings is 1. The molecule has 0 bridgehead atoms. The maximum Gasteiger partial charge on any atom is 0.253 e. The van der Waals surface area contributed by atoms with E-state index in [0.717, 1.165) is 25.2 Å². The number of carbonyl (C=O) groups is 1. The van der Waals surface area contributed by atoms with Crippen LogP contribution < -0.4 is 10.6 Å². The molecule has 5 heteroatoms. The zero-order valence-corrected chi connectivity index (χ0v) is 11.6. The highest BCUT2D eigenvalue weighted by molar-refractivity contribution is 5.94. The Morgan fingerprint density at radius 3 is 2.85 bits per heavy atom. The molecule has 0 radical (unpaired) electrons. The molecular formula is C15H19N3O2. The second-order valence-corrected chi connectivity index (χ2v) is 4.91. The topological polar surface area (TPSA) is 63.2 Å². The van der Waals surface area contributed by atoms with Crippen LogP contribution >= 0.6 is 0 Å². The van der Waals surface area contributed by atoms with E-state index in [1.807, 2.05) is 0 Å². The molecule has 0 aromatic carbocycles. The highest BCUT2D eigenvalue weighted by atomic mass is 16.5. The Hall–Kier alpha value is -2.06. The minimum atomic E-state index is -0.214. The van der Waals surface area contributed by atoms with E-state index in [1.165, 1.54) is 12.6 Å². The van der Waals surface area contributed by atoms with E-state index in [-0.39, 0.29) is 18.1 Å². The fourth-order valence-corrected chi connectivity index (χ4v) is 2.14. The molecule has 1 heterocycles. The second kappa shape index (κ2) is 6.40. The molecule has 1 saturated carbocycles. The molecule has 1 fully saturated rings. The van der Waals surface area contributed by atoms with E-state index in [9.17, 15) is 4.79 Å². The van der Waals surface area contributed by atoms with E-state index < -0.39 is 0 Å². The summed E-state index contributed by atoms with van der Waals surface area (Å²) in [4.78, 5) is 15.9. The Morgan fingerprint density at radius 2 is 2.35 bits per heavy atom. The fraction of sp³-hybridized carbons (Fsp3) is 0.467. The molecule has 0 unspecified atom stereocenters. The number of anilines is 1. The lowest BCUT2D eigenvalue weighted by Gasteiger charge is -2.40. The van der Waals surface area contributed by atoms with Crippen molar-refractivity contribution in [2.75, 3.05) is 25.5 Å². The summed E-state index contributed by atoms with van der Waals surface area (Å²) in [6.07, 6.45) is 9.98. The largest absolute Gasteiger partial charge is 0.376 e. The van der Waals surface area contributed by atoms with Crippen molar-refractivity contribution in [2.45, 2.75) is 24.9 Å². The molecule has 1 aliphatic carbocycles. The quantitative estimate of drug-likeness (QED) is 0.770. The van der Waals surface area contributed by atoms with Crippen LogP contribution in [-0.4, -0.2) is 36.7 Å². The van der Waals surface area contributed by atoms with Gasteiger partial charge in [-0.25, -0.2) is 4.98 Å². The number of amides is 1. The molecule has 2 N–H and O–H groups in total. The van der Waals surface area contributed by atoms with Gasteiger partial charge in [0.15, 0.2) is 0 Å². The molecule has 20 heavy (non-hydrogen) atoms. The number of hydrogen-bond acceptors (Lipinski definition) is 4. The number of rotatable bonds is 6. The monoisotopic (exact) mass is 273 g/mol. The lowest BCUT2D eigenvalue weighted by Crippen LogP contribution is -2.45. The first-order chi connectivity index (χ1) is 9.69. The molecular weight excluding hydrogens is 254 g/mol. The zero-order chi connectivity index (χ0) is 14.4. The van der Waals surface area contributed by atoms with Crippen LogP contribution in [0.5, 0.6) is 0 Å². The predicted octanol–water partition coefficient (Wildman–Crippen LogP) is 1.43. The van der Waals surface area contributed by atoms with Gasteiger partial charge < -0.3 is 15.4 Å². The zero-order valence-electron chi connectivity index (χ0n) is 11.6. The summed E-state index contributed by atoms with van der Waals surface area (Å²) in [5.74, 6) is 2.88. The van der Waals surface area contributed by atoms with Gasteiger partial charge in [0, 0.05) is 19.9 Å². The van der Waals surface area contributed by atoms with E-state index in [1.54, 1.807) is 19.2 Å². The van der Waals surface area contributed by atoms with Crippen LogP contribution in [0.15, 0.2) is 18.3 Å². The third-order valence-corrected chi connectivity index (χ3v) is 3.67. The van der Waals surface area contributed by atoms with Crippen LogP contribution in [0.3, 0.4) is 0 Å². The summed E-state index contributed by atoms with van der Waals surface area (Å²) in [6.45, 7) is 0.953. The summed E-state index contributed by atoms with van der Waals surface area (Å²) < 4.78 is 5.53. The van der Waals surface area contributed by atoms with Crippen LogP contribution in [0.4, 0.5) is 5.82 Å². The molecule has 1 aliphatic rings. The highest BCUT2D eigenvalue weighted by Gasteiger charge is 2.36. The predicted molar refractivity (Wildman–Crippen MR) is 77.5 cm³/mol. The average molecular weight is 273 g/mol. The third-order valence-electron chi connectivity index (χ3n) is 3.67. The molecule has 0 saturated heterocycles. The van der Waals surface area contributed by atoms with Crippen molar-refractivity contribution < 1.29 is 9.53 Å². The summed E-state index contributed by atoms with van der Waals surface area (Å²) in [5.41, 5.74) is 0.445. The molecule has 0 spiro atoms. The molecule has 0 atom stereocenters. The number of methoxy groups -OCH3 is 1. The van der Waals surface area contributed by atoms with Gasteiger partial charge in [-0.15, -0.1) is 6.42 Å². The number of hydrogen-bond donors (Lipinski definition) is 2. The van der Waals surface area contributed by atoms with Crippen LogP contribution in [0.1, 0.15) is 29.6 Å². The number of ether oxygens (including phenoxy) is 1. The van der Waals surface area contributed by atoms with Gasteiger partial charge in [-0.3, -0.25) is 4.79 Å². The van der Waals surface area contributed by atoms with Gasteiger partial charge >= 0.3 is 0 Å². The van der Waals surface area contributed by atoms with Crippen molar-refractivity contribution in [3.8, 4) is 12.3 Å². The molecule has 2 rings (SSSR count). The first kappa shape index (κ1) is 14.4. The number of aromatic nitrogens is 1. The normalized spacial score (nSPS) is 15.8. The van der Waals surface area contributed by atoms with Gasteiger partial charge in [-0.1, -0.05) is 5.92 Å². The second-order valence-electron chi connectivity index (χ2n) is 4.91. The first-order valence-electron chi connectivity index (χ1n) is 6.66. The summed E-state index contributed by atoms with van der Waals surface area (Å²) >= 11 is 0. The minimum absolute atomic E-state index is 0.0511. The Kier molecular flexibility index (Phi) is 4.59. The van der Waals surface area contributed by atoms with Crippen molar-refractivity contribution in [1.82, 2.24) is 10.3 Å². The number of nitrogens with one attached hydrogen (secondary N) is 2. The molecule has 1 amide bonds. The van der Waals surface area contributed by atoms with E-state index >= 15 is 0 Å². The van der Waals surface area contributed by atoms with Crippen molar-refractivity contribution >= 4 is 11.7 Å². The van der Waals surface area contributed by atoms with Gasteiger partial charge in [0.1, 0.15) is 5.82 Å². The van der Waals surface area contributed by atoms with Gasteiger partial charge in [-0.05, 0) is 31.4 Å². The summed E-state index contributed by atoms with van der Waals surface area (Å²) in [6, 6.07) is 3.51.